The maximum Gasteiger partial charge on any atom is 0.341 e. The number of carboxylic acid groups (broad SMARTS) is 1. The Kier molecular flexibility index (Phi) is 14.2. The molecular weight excluding hydrogens is 753 g/mol. The predicted octanol–water partition coefficient (Wildman–Crippen LogP) is 9.21. The van der Waals surface area contributed by atoms with Crippen LogP contribution in [0, 0.1) is 24.2 Å². The van der Waals surface area contributed by atoms with Crippen LogP contribution in [0.2, 0.25) is 0 Å². The van der Waals surface area contributed by atoms with Crippen molar-refractivity contribution in [2.75, 3.05) is 39.9 Å². The Labute approximate surface area is 346 Å². The summed E-state index contributed by atoms with van der Waals surface area (Å²) in [5.41, 5.74) is 4.99. The first kappa shape index (κ1) is 44.9. The van der Waals surface area contributed by atoms with Gasteiger partial charge in [-0.2, -0.15) is 4.31 Å². The monoisotopic (exact) mass is 816 g/mol. The van der Waals surface area contributed by atoms with Gasteiger partial charge in [-0.3, -0.25) is 4.79 Å². The first-order valence-electron chi connectivity index (χ1n) is 20.6. The Morgan fingerprint density at radius 3 is 2.28 bits per heavy atom. The van der Waals surface area contributed by atoms with Gasteiger partial charge in [-0.15, -0.1) is 0 Å². The fraction of sp³-hybridized carbons (Fsp3) is 0.532. The van der Waals surface area contributed by atoms with Crippen LogP contribution >= 0.6 is 0 Å². The number of aryl methyl sites for hydroxylation is 1. The van der Waals surface area contributed by atoms with E-state index < -0.39 is 28.7 Å². The third kappa shape index (κ3) is 9.97. The molecule has 2 fully saturated rings. The molecule has 3 aromatic carbocycles. The van der Waals surface area contributed by atoms with Gasteiger partial charge in [-0.05, 0) is 103 Å². The number of likely N-dealkylation sites (N-methyl/N-ethyl adjacent to an activating group) is 1. The molecule has 0 aliphatic carbocycles. The smallest absolute Gasteiger partial charge is 0.341 e. The molecule has 2 aliphatic heterocycles. The van der Waals surface area contributed by atoms with Crippen molar-refractivity contribution < 1.29 is 37.3 Å². The summed E-state index contributed by atoms with van der Waals surface area (Å²) < 4.78 is 50.5. The quantitative estimate of drug-likeness (QED) is 0.142. The van der Waals surface area contributed by atoms with Crippen LogP contribution in [-0.4, -0.2) is 80.6 Å². The second-order valence-corrected chi connectivity index (χ2v) is 19.4. The van der Waals surface area contributed by atoms with Gasteiger partial charge in [0.1, 0.15) is 23.0 Å². The fourth-order valence-corrected chi connectivity index (χ4v) is 10.1. The van der Waals surface area contributed by atoms with Gasteiger partial charge in [0.15, 0.2) is 6.61 Å². The average molecular weight is 817 g/mol. The number of benzene rings is 3. The maximum atomic E-state index is 14.7. The van der Waals surface area contributed by atoms with E-state index in [0.717, 1.165) is 52.7 Å². The molecule has 0 radical (unpaired) electrons. The third-order valence-corrected chi connectivity index (χ3v) is 14.5. The van der Waals surface area contributed by atoms with Crippen molar-refractivity contribution >= 4 is 21.9 Å². The van der Waals surface area contributed by atoms with E-state index in [-0.39, 0.29) is 46.0 Å². The molecule has 1 spiro atoms. The molecule has 1 N–H and O–H groups in total. The Morgan fingerprint density at radius 2 is 1.69 bits per heavy atom. The number of rotatable bonds is 16. The molecule has 2 heterocycles. The van der Waals surface area contributed by atoms with Crippen LogP contribution in [0.1, 0.15) is 103 Å². The second-order valence-electron chi connectivity index (χ2n) is 17.5. The first-order valence-corrected chi connectivity index (χ1v) is 22.1. The number of hydrogen-bond acceptors (Lipinski definition) is 7. The zero-order valence-electron chi connectivity index (χ0n) is 36.0. The summed E-state index contributed by atoms with van der Waals surface area (Å²) in [5, 5.41) is 9.65. The minimum atomic E-state index is -3.98. The van der Waals surface area contributed by atoms with Crippen molar-refractivity contribution in [2.45, 2.75) is 110 Å². The van der Waals surface area contributed by atoms with Gasteiger partial charge >= 0.3 is 5.97 Å². The Balaban J connectivity index is 1.48. The number of carbonyl (C=O) groups is 2. The van der Waals surface area contributed by atoms with E-state index >= 15 is 0 Å². The summed E-state index contributed by atoms with van der Waals surface area (Å²) >= 11 is 0. The molecule has 2 saturated heterocycles. The molecule has 0 saturated carbocycles. The van der Waals surface area contributed by atoms with Gasteiger partial charge in [-0.1, -0.05) is 89.2 Å². The molecule has 0 bridgehead atoms. The number of nitrogens with zero attached hydrogens (tertiary/aromatic N) is 2. The number of carboxylic acids is 1. The summed E-state index contributed by atoms with van der Waals surface area (Å²) in [4.78, 5) is 25.3. The summed E-state index contributed by atoms with van der Waals surface area (Å²) in [5.74, 6) is -0.205. The lowest BCUT2D eigenvalue weighted by molar-refractivity contribution is -0.173. The highest BCUT2D eigenvalue weighted by Gasteiger charge is 2.52. The molecule has 5 rings (SSSR count). The minimum absolute atomic E-state index is 0.0931. The van der Waals surface area contributed by atoms with Crippen molar-refractivity contribution in [1.82, 2.24) is 9.21 Å². The van der Waals surface area contributed by atoms with Crippen molar-refractivity contribution in [2.24, 2.45) is 17.3 Å². The summed E-state index contributed by atoms with van der Waals surface area (Å²) in [6.07, 6.45) is 2.93. The molecule has 3 atom stereocenters. The third-order valence-electron chi connectivity index (χ3n) is 12.6. The summed E-state index contributed by atoms with van der Waals surface area (Å²) in [6, 6.07) is 19.4. The van der Waals surface area contributed by atoms with Crippen molar-refractivity contribution in [1.29, 1.82) is 0 Å². The molecule has 10 nitrogen and oxygen atoms in total. The lowest BCUT2D eigenvalue weighted by atomic mass is 9.62. The molecule has 58 heavy (non-hydrogen) atoms. The van der Waals surface area contributed by atoms with Crippen LogP contribution in [0.3, 0.4) is 0 Å². The van der Waals surface area contributed by atoms with Gasteiger partial charge in [0, 0.05) is 38.5 Å². The van der Waals surface area contributed by atoms with Gasteiger partial charge in [-0.25, -0.2) is 13.2 Å². The number of hydrogen-bond donors (Lipinski definition) is 1. The van der Waals surface area contributed by atoms with Crippen LogP contribution in [0.4, 0.5) is 0 Å². The van der Waals surface area contributed by atoms with E-state index in [1.54, 1.807) is 28.4 Å². The van der Waals surface area contributed by atoms with Crippen molar-refractivity contribution in [3.8, 4) is 22.6 Å². The SMILES string of the molecule is C=C(C)[C@@H]1CC2(CCN(S(=O)(=O)c3cc(C(C)(C)CC)ccc3OCCN(C)C(C)=O)CC2)[C@@H](CC(C)C)O[C@H]1c1c(C)cc(-c2ccccc2)cc1OCC(=O)O. The highest BCUT2D eigenvalue weighted by atomic mass is 32.2. The van der Waals surface area contributed by atoms with Gasteiger partial charge in [0.05, 0.1) is 18.8 Å². The fourth-order valence-electron chi connectivity index (χ4n) is 8.46. The zero-order valence-corrected chi connectivity index (χ0v) is 36.8. The van der Waals surface area contributed by atoms with E-state index in [1.165, 1.54) is 6.92 Å². The molecule has 2 aliphatic rings. The van der Waals surface area contributed by atoms with Gasteiger partial charge < -0.3 is 24.2 Å². The van der Waals surface area contributed by atoms with Crippen molar-refractivity contribution in [3.63, 3.8) is 0 Å². The molecule has 0 unspecified atom stereocenters. The highest BCUT2D eigenvalue weighted by Crippen LogP contribution is 2.56. The van der Waals surface area contributed by atoms with E-state index in [1.807, 2.05) is 56.3 Å². The predicted molar refractivity (Wildman–Crippen MR) is 229 cm³/mol. The average Bonchev–Trinajstić information content (AvgIpc) is 3.17. The molecule has 316 valence electrons. The normalized spacial score (nSPS) is 19.9. The highest BCUT2D eigenvalue weighted by molar-refractivity contribution is 7.89. The van der Waals surface area contributed by atoms with Crippen LogP contribution in [0.25, 0.3) is 11.1 Å². The molecule has 11 heteroatoms. The van der Waals surface area contributed by atoms with Gasteiger partial charge in [0.2, 0.25) is 15.9 Å². The Hall–Kier alpha value is -4.19. The standard InChI is InChI=1S/C47H64N2O8S/c1-11-46(8,9)37-17-18-39(55-24-23-48(10)34(7)50)41(28-37)58(53,54)49-21-19-47(20-22-49)29-38(32(4)5)45(57-42(47)25-31(2)3)44-33(6)26-36(35-15-13-12-14-16-35)27-40(44)56-30-43(51)52/h12-18,26-28,31,38,42,45H,4,11,19-25,29-30H2,1-3,5-10H3,(H,51,52)/t38-,42+,45+/m0/s1. The number of carbonyl (C=O) groups excluding carboxylic acids is 1. The lowest BCUT2D eigenvalue weighted by Gasteiger charge is -2.54. The zero-order chi connectivity index (χ0) is 42.6. The Bertz CT molecular complexity index is 2050. The van der Waals surface area contributed by atoms with E-state index in [4.69, 9.17) is 14.2 Å². The van der Waals surface area contributed by atoms with E-state index in [0.29, 0.717) is 44.1 Å². The number of sulfonamides is 1. The van der Waals surface area contributed by atoms with E-state index in [2.05, 4.69) is 47.3 Å². The molecule has 0 aromatic heterocycles. The number of amides is 1. The number of piperidine rings is 1. The van der Waals surface area contributed by atoms with Gasteiger partial charge in [0.25, 0.3) is 0 Å². The van der Waals surface area contributed by atoms with E-state index in [9.17, 15) is 23.1 Å². The summed E-state index contributed by atoms with van der Waals surface area (Å²) in [7, 11) is -2.29. The largest absolute Gasteiger partial charge is 0.490 e. The molecule has 1 amide bonds. The maximum absolute atomic E-state index is 14.7. The van der Waals surface area contributed by atoms with Crippen molar-refractivity contribution in [3.05, 3.63) is 89.5 Å². The first-order chi connectivity index (χ1) is 27.3. The van der Waals surface area contributed by atoms with Crippen LogP contribution in [0.5, 0.6) is 11.5 Å². The molecule has 3 aromatic rings. The summed E-state index contributed by atoms with van der Waals surface area (Å²) in [6.45, 7) is 21.3. The molecular formula is C47H64N2O8S. The Morgan fingerprint density at radius 1 is 1.02 bits per heavy atom. The number of aliphatic carboxylic acids is 1. The lowest BCUT2D eigenvalue weighted by Crippen LogP contribution is -2.53. The number of ether oxygens (including phenoxy) is 3. The second kappa shape index (κ2) is 18.4. The minimum Gasteiger partial charge on any atom is -0.490 e. The van der Waals surface area contributed by atoms with Crippen LogP contribution in [0.15, 0.2) is 77.7 Å². The van der Waals surface area contributed by atoms with Crippen LogP contribution in [-0.2, 0) is 29.8 Å². The topological polar surface area (TPSA) is 123 Å². The van der Waals surface area contributed by atoms with Crippen LogP contribution < -0.4 is 9.47 Å².